The fourth-order valence-electron chi connectivity index (χ4n) is 2.97. The van der Waals surface area contributed by atoms with E-state index >= 15 is 0 Å². The highest BCUT2D eigenvalue weighted by Gasteiger charge is 2.17. The van der Waals surface area contributed by atoms with Crippen molar-refractivity contribution in [3.63, 3.8) is 0 Å². The van der Waals surface area contributed by atoms with E-state index < -0.39 is 0 Å². The molecule has 0 atom stereocenters. The lowest BCUT2D eigenvalue weighted by Gasteiger charge is -2.15. The van der Waals surface area contributed by atoms with Crippen molar-refractivity contribution < 1.29 is 18.9 Å². The zero-order valence-electron chi connectivity index (χ0n) is 14.0. The molecule has 3 aromatic carbocycles. The zero-order valence-corrected chi connectivity index (χ0v) is 14.0. The summed E-state index contributed by atoms with van der Waals surface area (Å²) in [5, 5.41) is 12.9. The fraction of sp³-hybridized carbons (Fsp3) is 0.211. The summed E-state index contributed by atoms with van der Waals surface area (Å²) < 4.78 is 21.8. The van der Waals surface area contributed by atoms with E-state index in [0.29, 0.717) is 28.6 Å². The molecule has 0 N–H and O–H groups in total. The van der Waals surface area contributed by atoms with Gasteiger partial charge in [-0.1, -0.05) is 6.07 Å². The van der Waals surface area contributed by atoms with E-state index in [1.807, 2.05) is 30.3 Å². The van der Waals surface area contributed by atoms with E-state index in [9.17, 15) is 5.26 Å². The van der Waals surface area contributed by atoms with Crippen molar-refractivity contribution in [3.8, 4) is 29.1 Å². The van der Waals surface area contributed by atoms with Gasteiger partial charge in [-0.3, -0.25) is 0 Å². The van der Waals surface area contributed by atoms with Crippen LogP contribution in [0.25, 0.3) is 21.5 Å². The Morgan fingerprint density at radius 2 is 1.38 bits per heavy atom. The minimum Gasteiger partial charge on any atom is -0.493 e. The van der Waals surface area contributed by atoms with Crippen LogP contribution in [0.2, 0.25) is 0 Å². The van der Waals surface area contributed by atoms with E-state index in [1.165, 1.54) is 0 Å². The number of rotatable bonds is 4. The molecular weight excluding hydrogens is 306 g/mol. The third-order valence-electron chi connectivity index (χ3n) is 4.08. The Kier molecular flexibility index (Phi) is 4.05. The molecule has 0 aliphatic heterocycles. The van der Waals surface area contributed by atoms with Crippen LogP contribution in [0.4, 0.5) is 0 Å². The summed E-state index contributed by atoms with van der Waals surface area (Å²) in [6.07, 6.45) is 0. The SMILES string of the molecule is COc1cc2c(C#N)cc3ccc(OC)c(OC)c3c2cc1OC. The lowest BCUT2D eigenvalue weighted by atomic mass is 9.96. The summed E-state index contributed by atoms with van der Waals surface area (Å²) in [7, 11) is 6.35. The van der Waals surface area contributed by atoms with Crippen molar-refractivity contribution >= 4 is 21.5 Å². The molecule has 0 heterocycles. The quantitative estimate of drug-likeness (QED) is 0.682. The molecular formula is C19H17NO4. The number of nitrogens with zero attached hydrogens (tertiary/aromatic N) is 1. The minimum absolute atomic E-state index is 0.561. The number of ether oxygens (including phenoxy) is 4. The van der Waals surface area contributed by atoms with Crippen molar-refractivity contribution in [3.05, 3.63) is 35.9 Å². The topological polar surface area (TPSA) is 60.7 Å². The Morgan fingerprint density at radius 3 is 1.92 bits per heavy atom. The van der Waals surface area contributed by atoms with E-state index in [-0.39, 0.29) is 0 Å². The molecule has 0 fully saturated rings. The average Bonchev–Trinajstić information content (AvgIpc) is 2.64. The van der Waals surface area contributed by atoms with E-state index in [4.69, 9.17) is 18.9 Å². The third kappa shape index (κ3) is 2.24. The second kappa shape index (κ2) is 6.17. The molecule has 0 radical (unpaired) electrons. The predicted molar refractivity (Wildman–Crippen MR) is 92.4 cm³/mol. The van der Waals surface area contributed by atoms with Gasteiger partial charge in [-0.05, 0) is 35.0 Å². The summed E-state index contributed by atoms with van der Waals surface area (Å²) in [6.45, 7) is 0. The van der Waals surface area contributed by atoms with Crippen molar-refractivity contribution in [1.29, 1.82) is 5.26 Å². The Bertz CT molecular complexity index is 973. The first-order valence-electron chi connectivity index (χ1n) is 7.32. The molecule has 0 bridgehead atoms. The summed E-state index contributed by atoms with van der Waals surface area (Å²) in [6, 6.07) is 11.5. The maximum Gasteiger partial charge on any atom is 0.169 e. The molecule has 5 nitrogen and oxygen atoms in total. The monoisotopic (exact) mass is 323 g/mol. The van der Waals surface area contributed by atoms with Crippen LogP contribution in [0.15, 0.2) is 30.3 Å². The van der Waals surface area contributed by atoms with Gasteiger partial charge in [-0.15, -0.1) is 0 Å². The molecule has 3 rings (SSSR count). The maximum atomic E-state index is 9.53. The lowest BCUT2D eigenvalue weighted by Crippen LogP contribution is -1.95. The summed E-state index contributed by atoms with van der Waals surface area (Å²) in [5.41, 5.74) is 0.561. The van der Waals surface area contributed by atoms with Gasteiger partial charge in [0.2, 0.25) is 0 Å². The molecule has 0 aromatic heterocycles. The molecule has 0 aliphatic carbocycles. The van der Waals surface area contributed by atoms with Gasteiger partial charge in [0, 0.05) is 10.8 Å². The fourth-order valence-corrected chi connectivity index (χ4v) is 2.97. The largest absolute Gasteiger partial charge is 0.493 e. The average molecular weight is 323 g/mol. The summed E-state index contributed by atoms with van der Waals surface area (Å²) in [4.78, 5) is 0. The van der Waals surface area contributed by atoms with E-state index in [0.717, 1.165) is 21.5 Å². The molecule has 3 aromatic rings. The first-order chi connectivity index (χ1) is 11.7. The number of benzene rings is 3. The van der Waals surface area contributed by atoms with Crippen LogP contribution >= 0.6 is 0 Å². The van der Waals surface area contributed by atoms with Crippen molar-refractivity contribution in [2.24, 2.45) is 0 Å². The van der Waals surface area contributed by atoms with Gasteiger partial charge in [0.15, 0.2) is 23.0 Å². The third-order valence-corrected chi connectivity index (χ3v) is 4.08. The predicted octanol–water partition coefficient (Wildman–Crippen LogP) is 3.90. The van der Waals surface area contributed by atoms with Gasteiger partial charge in [-0.2, -0.15) is 5.26 Å². The van der Waals surface area contributed by atoms with Crippen LogP contribution in [0.3, 0.4) is 0 Å². The molecule has 0 aliphatic rings. The van der Waals surface area contributed by atoms with E-state index in [2.05, 4.69) is 6.07 Å². The zero-order chi connectivity index (χ0) is 17.3. The molecule has 122 valence electrons. The van der Waals surface area contributed by atoms with Crippen LogP contribution < -0.4 is 18.9 Å². The molecule has 0 saturated carbocycles. The van der Waals surface area contributed by atoms with Gasteiger partial charge in [0.25, 0.3) is 0 Å². The number of hydrogen-bond donors (Lipinski definition) is 0. The van der Waals surface area contributed by atoms with Gasteiger partial charge in [0.05, 0.1) is 40.1 Å². The Labute approximate surface area is 139 Å². The van der Waals surface area contributed by atoms with Gasteiger partial charge < -0.3 is 18.9 Å². The standard InChI is InChI=1S/C19H17NO4/c1-21-15-6-5-11-7-12(10-20)13-8-16(22-2)17(23-3)9-14(13)18(11)19(15)24-4/h5-9H,1-4H3. The van der Waals surface area contributed by atoms with Crippen LogP contribution in [-0.4, -0.2) is 28.4 Å². The maximum absolute atomic E-state index is 9.53. The highest BCUT2D eigenvalue weighted by Crippen LogP contribution is 2.43. The highest BCUT2D eigenvalue weighted by atomic mass is 16.5. The number of fused-ring (bicyclic) bond motifs is 3. The van der Waals surface area contributed by atoms with Gasteiger partial charge in [0.1, 0.15) is 0 Å². The smallest absolute Gasteiger partial charge is 0.169 e. The van der Waals surface area contributed by atoms with E-state index in [1.54, 1.807) is 28.4 Å². The van der Waals surface area contributed by atoms with Crippen LogP contribution in [0.5, 0.6) is 23.0 Å². The highest BCUT2D eigenvalue weighted by molar-refractivity contribution is 6.14. The molecule has 24 heavy (non-hydrogen) atoms. The molecule has 0 amide bonds. The molecule has 0 spiro atoms. The van der Waals surface area contributed by atoms with Gasteiger partial charge in [-0.25, -0.2) is 0 Å². The van der Waals surface area contributed by atoms with Crippen molar-refractivity contribution in [2.45, 2.75) is 0 Å². The van der Waals surface area contributed by atoms with Crippen LogP contribution in [-0.2, 0) is 0 Å². The number of methoxy groups -OCH3 is 4. The molecule has 0 saturated heterocycles. The first kappa shape index (κ1) is 15.8. The normalized spacial score (nSPS) is 10.5. The summed E-state index contributed by atoms with van der Waals surface area (Å²) in [5.74, 6) is 2.41. The Balaban J connectivity index is 2.57. The summed E-state index contributed by atoms with van der Waals surface area (Å²) >= 11 is 0. The number of nitriles is 1. The Hall–Kier alpha value is -3.13. The van der Waals surface area contributed by atoms with Crippen molar-refractivity contribution in [1.82, 2.24) is 0 Å². The van der Waals surface area contributed by atoms with Crippen molar-refractivity contribution in [2.75, 3.05) is 28.4 Å². The minimum atomic E-state index is 0.561. The van der Waals surface area contributed by atoms with Gasteiger partial charge >= 0.3 is 0 Å². The first-order valence-corrected chi connectivity index (χ1v) is 7.32. The molecule has 0 unspecified atom stereocenters. The molecule has 5 heteroatoms. The second-order valence-electron chi connectivity index (χ2n) is 5.19. The van der Waals surface area contributed by atoms with Crippen LogP contribution in [0, 0.1) is 11.3 Å². The second-order valence-corrected chi connectivity index (χ2v) is 5.19. The lowest BCUT2D eigenvalue weighted by molar-refractivity contribution is 0.355. The Morgan fingerprint density at radius 1 is 0.750 bits per heavy atom. The number of hydrogen-bond acceptors (Lipinski definition) is 5. The van der Waals surface area contributed by atoms with Crippen LogP contribution in [0.1, 0.15) is 5.56 Å².